The number of halogens is 4. The highest BCUT2D eigenvalue weighted by Crippen LogP contribution is 2.39. The molecule has 0 unspecified atom stereocenters. The monoisotopic (exact) mass is 360 g/mol. The van der Waals surface area contributed by atoms with E-state index in [1.54, 1.807) is 35.6 Å². The van der Waals surface area contributed by atoms with Gasteiger partial charge in [0.15, 0.2) is 5.78 Å². The van der Waals surface area contributed by atoms with Crippen LogP contribution in [0, 0.1) is 3.57 Å². The zero-order valence-electron chi connectivity index (χ0n) is 8.27. The second-order valence-corrected chi connectivity index (χ2v) is 5.13. The number of Topliss-reactive ketones (excluding diaryl/α,β-unsaturated/α-hetero) is 1. The standard InChI is InChI=1S/C10H8F3IOS/c1-2-7(15)6-4-3-5-8(9(6)14)16-10(11,12)13/h3-5H,2H2,1H3. The quantitative estimate of drug-likeness (QED) is 0.449. The summed E-state index contributed by atoms with van der Waals surface area (Å²) in [5.74, 6) is -0.144. The maximum absolute atomic E-state index is 12.2. The van der Waals surface area contributed by atoms with Crippen molar-refractivity contribution in [2.75, 3.05) is 0 Å². The average Bonchev–Trinajstić information content (AvgIpc) is 2.18. The van der Waals surface area contributed by atoms with Gasteiger partial charge in [0.25, 0.3) is 0 Å². The summed E-state index contributed by atoms with van der Waals surface area (Å²) >= 11 is 1.59. The third kappa shape index (κ3) is 3.65. The van der Waals surface area contributed by atoms with Gasteiger partial charge in [-0.05, 0) is 40.4 Å². The number of hydrogen-bond acceptors (Lipinski definition) is 2. The van der Waals surface area contributed by atoms with Gasteiger partial charge in [0.05, 0.1) is 0 Å². The number of carbonyl (C=O) groups excluding carboxylic acids is 1. The summed E-state index contributed by atoms with van der Waals surface area (Å²) in [6, 6.07) is 4.39. The first kappa shape index (κ1) is 13.8. The molecular formula is C10H8F3IOS. The SMILES string of the molecule is CCC(=O)c1cccc(SC(F)(F)F)c1I. The lowest BCUT2D eigenvalue weighted by atomic mass is 10.1. The van der Waals surface area contributed by atoms with Crippen LogP contribution in [0.15, 0.2) is 23.1 Å². The molecule has 0 aliphatic rings. The molecule has 0 N–H and O–H groups in total. The lowest BCUT2D eigenvalue weighted by Crippen LogP contribution is -2.04. The molecule has 6 heteroatoms. The molecule has 1 rings (SSSR count). The van der Waals surface area contributed by atoms with E-state index in [1.807, 2.05) is 0 Å². The van der Waals surface area contributed by atoms with Crippen LogP contribution in [-0.4, -0.2) is 11.3 Å². The molecule has 0 spiro atoms. The fourth-order valence-electron chi connectivity index (χ4n) is 1.12. The van der Waals surface area contributed by atoms with Gasteiger partial charge in [-0.1, -0.05) is 19.1 Å². The Morgan fingerprint density at radius 1 is 1.44 bits per heavy atom. The lowest BCUT2D eigenvalue weighted by Gasteiger charge is -2.10. The van der Waals surface area contributed by atoms with Crippen LogP contribution in [0.1, 0.15) is 23.7 Å². The number of alkyl halides is 3. The second-order valence-electron chi connectivity index (χ2n) is 2.94. The molecule has 0 radical (unpaired) electrons. The van der Waals surface area contributed by atoms with Crippen LogP contribution in [-0.2, 0) is 0 Å². The van der Waals surface area contributed by atoms with Crippen molar-refractivity contribution in [3.05, 3.63) is 27.3 Å². The molecule has 0 fully saturated rings. The van der Waals surface area contributed by atoms with E-state index >= 15 is 0 Å². The van der Waals surface area contributed by atoms with Crippen molar-refractivity contribution in [2.24, 2.45) is 0 Å². The Balaban J connectivity index is 3.09. The third-order valence-electron chi connectivity index (χ3n) is 1.81. The summed E-state index contributed by atoms with van der Waals surface area (Å²) in [4.78, 5) is 11.5. The first-order valence-corrected chi connectivity index (χ1v) is 6.32. The molecule has 1 aromatic rings. The summed E-state index contributed by atoms with van der Waals surface area (Å²) in [5.41, 5.74) is -3.97. The van der Waals surface area contributed by atoms with E-state index in [9.17, 15) is 18.0 Å². The number of benzene rings is 1. The highest BCUT2D eigenvalue weighted by molar-refractivity contribution is 14.1. The predicted octanol–water partition coefficient (Wildman–Crippen LogP) is 4.50. The Morgan fingerprint density at radius 2 is 2.06 bits per heavy atom. The minimum Gasteiger partial charge on any atom is -0.294 e. The Kier molecular flexibility index (Phi) is 4.66. The van der Waals surface area contributed by atoms with Crippen molar-refractivity contribution >= 4 is 40.1 Å². The summed E-state index contributed by atoms with van der Waals surface area (Å²) in [5, 5.41) is 0. The zero-order valence-corrected chi connectivity index (χ0v) is 11.2. The molecule has 0 amide bonds. The summed E-state index contributed by atoms with van der Waals surface area (Å²) in [6.45, 7) is 1.68. The van der Waals surface area contributed by atoms with E-state index in [4.69, 9.17) is 0 Å². The molecule has 0 bridgehead atoms. The van der Waals surface area contributed by atoms with Crippen LogP contribution in [0.5, 0.6) is 0 Å². The normalized spacial score (nSPS) is 11.6. The lowest BCUT2D eigenvalue weighted by molar-refractivity contribution is -0.0328. The molecule has 1 nitrogen and oxygen atoms in total. The first-order valence-electron chi connectivity index (χ1n) is 4.42. The Hall–Kier alpha value is -0.240. The van der Waals surface area contributed by atoms with Gasteiger partial charge >= 0.3 is 5.51 Å². The summed E-state index contributed by atoms with van der Waals surface area (Å²) in [6.07, 6.45) is 0.288. The minimum absolute atomic E-state index is 0.0763. The second kappa shape index (κ2) is 5.39. The summed E-state index contributed by atoms with van der Waals surface area (Å²) in [7, 11) is 0. The molecule has 1 aromatic carbocycles. The zero-order chi connectivity index (χ0) is 12.3. The van der Waals surface area contributed by atoms with Crippen LogP contribution in [0.3, 0.4) is 0 Å². The maximum Gasteiger partial charge on any atom is 0.446 e. The first-order chi connectivity index (χ1) is 7.35. The Morgan fingerprint density at radius 3 is 2.56 bits per heavy atom. The van der Waals surface area contributed by atoms with Crippen LogP contribution in [0.25, 0.3) is 0 Å². The van der Waals surface area contributed by atoms with Gasteiger partial charge in [0.2, 0.25) is 0 Å². The van der Waals surface area contributed by atoms with Crippen LogP contribution >= 0.6 is 34.4 Å². The number of rotatable bonds is 3. The third-order valence-corrected chi connectivity index (χ3v) is 4.13. The molecule has 88 valence electrons. The van der Waals surface area contributed by atoms with E-state index in [-0.39, 0.29) is 28.9 Å². The van der Waals surface area contributed by atoms with Gasteiger partial charge in [0.1, 0.15) is 0 Å². The van der Waals surface area contributed by atoms with Gasteiger partial charge < -0.3 is 0 Å². The van der Waals surface area contributed by atoms with Crippen molar-refractivity contribution in [3.63, 3.8) is 0 Å². The average molecular weight is 360 g/mol. The Labute approximate surface area is 109 Å². The van der Waals surface area contributed by atoms with E-state index in [0.717, 1.165) is 0 Å². The molecule has 0 aliphatic carbocycles. The largest absolute Gasteiger partial charge is 0.446 e. The molecule has 0 saturated heterocycles. The molecule has 0 atom stereocenters. The van der Waals surface area contributed by atoms with Crippen molar-refractivity contribution in [3.8, 4) is 0 Å². The van der Waals surface area contributed by atoms with Gasteiger partial charge in [-0.2, -0.15) is 13.2 Å². The number of hydrogen-bond donors (Lipinski definition) is 0. The topological polar surface area (TPSA) is 17.1 Å². The molecule has 0 aromatic heterocycles. The number of ketones is 1. The fraction of sp³-hybridized carbons (Fsp3) is 0.300. The van der Waals surface area contributed by atoms with Crippen molar-refractivity contribution in [1.82, 2.24) is 0 Å². The maximum atomic E-state index is 12.2. The van der Waals surface area contributed by atoms with Crippen molar-refractivity contribution < 1.29 is 18.0 Å². The smallest absolute Gasteiger partial charge is 0.294 e. The van der Waals surface area contributed by atoms with Gasteiger partial charge in [0, 0.05) is 20.4 Å². The van der Waals surface area contributed by atoms with E-state index in [0.29, 0.717) is 9.13 Å². The van der Waals surface area contributed by atoms with Crippen LogP contribution in [0.2, 0.25) is 0 Å². The molecule has 0 aliphatic heterocycles. The Bertz CT molecular complexity index is 404. The predicted molar refractivity (Wildman–Crippen MR) is 65.7 cm³/mol. The van der Waals surface area contributed by atoms with E-state index < -0.39 is 5.51 Å². The highest BCUT2D eigenvalue weighted by atomic mass is 127. The number of carbonyl (C=O) groups is 1. The molecule has 16 heavy (non-hydrogen) atoms. The minimum atomic E-state index is -4.33. The van der Waals surface area contributed by atoms with Crippen molar-refractivity contribution in [1.29, 1.82) is 0 Å². The highest BCUT2D eigenvalue weighted by Gasteiger charge is 2.30. The summed E-state index contributed by atoms with van der Waals surface area (Å²) < 4.78 is 37.0. The number of thioether (sulfide) groups is 1. The van der Waals surface area contributed by atoms with E-state index in [2.05, 4.69) is 0 Å². The van der Waals surface area contributed by atoms with Crippen LogP contribution in [0.4, 0.5) is 13.2 Å². The van der Waals surface area contributed by atoms with Crippen molar-refractivity contribution in [2.45, 2.75) is 23.7 Å². The van der Waals surface area contributed by atoms with Gasteiger partial charge in [-0.3, -0.25) is 4.79 Å². The van der Waals surface area contributed by atoms with Gasteiger partial charge in [-0.15, -0.1) is 0 Å². The molecular weight excluding hydrogens is 352 g/mol. The van der Waals surface area contributed by atoms with Crippen LogP contribution < -0.4 is 0 Å². The molecule has 0 heterocycles. The fourth-order valence-corrected chi connectivity index (χ4v) is 2.71. The van der Waals surface area contributed by atoms with E-state index in [1.165, 1.54) is 12.1 Å². The van der Waals surface area contributed by atoms with Gasteiger partial charge in [-0.25, -0.2) is 0 Å². The molecule has 0 saturated carbocycles.